The fraction of sp³-hybridized carbons (Fsp3) is 0.0714. The lowest BCUT2D eigenvalue weighted by Crippen LogP contribution is -2.13. The highest BCUT2D eigenvalue weighted by molar-refractivity contribution is 9.10. The van der Waals surface area contributed by atoms with Gasteiger partial charge in [0.2, 0.25) is 0 Å². The molecule has 3 nitrogen and oxygen atoms in total. The van der Waals surface area contributed by atoms with Gasteiger partial charge in [0.15, 0.2) is 0 Å². The van der Waals surface area contributed by atoms with E-state index in [2.05, 4.69) is 21.2 Å². The van der Waals surface area contributed by atoms with E-state index in [9.17, 15) is 9.18 Å². The second-order valence-corrected chi connectivity index (χ2v) is 5.25. The van der Waals surface area contributed by atoms with E-state index in [-0.39, 0.29) is 5.56 Å². The van der Waals surface area contributed by atoms with Crippen LogP contribution in [0.5, 0.6) is 5.75 Å². The number of benzene rings is 2. The highest BCUT2D eigenvalue weighted by Crippen LogP contribution is 2.27. The zero-order chi connectivity index (χ0) is 14.7. The fourth-order valence-corrected chi connectivity index (χ4v) is 2.21. The minimum atomic E-state index is -0.600. The molecule has 2 aromatic rings. The molecule has 0 fully saturated rings. The van der Waals surface area contributed by atoms with Crippen molar-refractivity contribution >= 4 is 39.1 Å². The first-order valence-corrected chi connectivity index (χ1v) is 6.78. The third-order valence-corrected chi connectivity index (χ3v) is 3.37. The van der Waals surface area contributed by atoms with Crippen molar-refractivity contribution in [3.8, 4) is 5.75 Å². The van der Waals surface area contributed by atoms with Crippen LogP contribution in [0.2, 0.25) is 5.02 Å². The van der Waals surface area contributed by atoms with Crippen LogP contribution in [0.25, 0.3) is 0 Å². The second kappa shape index (κ2) is 6.24. The van der Waals surface area contributed by atoms with Crippen molar-refractivity contribution in [2.24, 2.45) is 0 Å². The molecule has 1 N–H and O–H groups in total. The van der Waals surface area contributed by atoms with Crippen molar-refractivity contribution in [2.75, 3.05) is 12.4 Å². The predicted octanol–water partition coefficient (Wildman–Crippen LogP) is 4.50. The molecular formula is C14H10BrClFNO2. The minimum absolute atomic E-state index is 0.0415. The summed E-state index contributed by atoms with van der Waals surface area (Å²) in [5.41, 5.74) is 0.420. The molecule has 0 aliphatic carbocycles. The van der Waals surface area contributed by atoms with Gasteiger partial charge in [-0.05, 0) is 36.4 Å². The summed E-state index contributed by atoms with van der Waals surface area (Å²) in [5, 5.41) is 2.94. The maximum Gasteiger partial charge on any atom is 0.258 e. The summed E-state index contributed by atoms with van der Waals surface area (Å²) >= 11 is 9.09. The maximum absolute atomic E-state index is 13.7. The largest absolute Gasteiger partial charge is 0.495 e. The molecule has 0 radical (unpaired) electrons. The lowest BCUT2D eigenvalue weighted by molar-refractivity contribution is 0.102. The Kier molecular flexibility index (Phi) is 4.62. The number of hydrogen-bond donors (Lipinski definition) is 1. The van der Waals surface area contributed by atoms with Gasteiger partial charge >= 0.3 is 0 Å². The van der Waals surface area contributed by atoms with Gasteiger partial charge in [0.1, 0.15) is 11.6 Å². The van der Waals surface area contributed by atoms with Crippen molar-refractivity contribution in [3.63, 3.8) is 0 Å². The monoisotopic (exact) mass is 357 g/mol. The number of anilines is 1. The zero-order valence-corrected chi connectivity index (χ0v) is 12.8. The summed E-state index contributed by atoms with van der Waals surface area (Å²) in [7, 11) is 1.50. The number of nitrogens with one attached hydrogen (secondary N) is 1. The topological polar surface area (TPSA) is 38.3 Å². The number of hydrogen-bond acceptors (Lipinski definition) is 2. The van der Waals surface area contributed by atoms with Crippen molar-refractivity contribution in [1.29, 1.82) is 0 Å². The number of halogens is 3. The van der Waals surface area contributed by atoms with Gasteiger partial charge in [-0.25, -0.2) is 4.39 Å². The number of rotatable bonds is 3. The van der Waals surface area contributed by atoms with Crippen molar-refractivity contribution < 1.29 is 13.9 Å². The average molecular weight is 359 g/mol. The molecule has 2 rings (SSSR count). The van der Waals surface area contributed by atoms with E-state index >= 15 is 0 Å². The first-order chi connectivity index (χ1) is 9.51. The Morgan fingerprint density at radius 2 is 2.05 bits per heavy atom. The van der Waals surface area contributed by atoms with Crippen molar-refractivity contribution in [2.45, 2.75) is 0 Å². The van der Waals surface area contributed by atoms with Gasteiger partial charge < -0.3 is 10.1 Å². The molecule has 0 spiro atoms. The summed E-state index contributed by atoms with van der Waals surface area (Å²) in [5.74, 6) is -0.646. The van der Waals surface area contributed by atoms with Gasteiger partial charge in [-0.15, -0.1) is 0 Å². The van der Waals surface area contributed by atoms with E-state index in [4.69, 9.17) is 16.3 Å². The fourth-order valence-electron chi connectivity index (χ4n) is 1.62. The zero-order valence-electron chi connectivity index (χ0n) is 10.4. The smallest absolute Gasteiger partial charge is 0.258 e. The molecule has 0 saturated carbocycles. The Morgan fingerprint density at radius 3 is 2.65 bits per heavy atom. The average Bonchev–Trinajstić information content (AvgIpc) is 2.38. The summed E-state index contributed by atoms with van der Waals surface area (Å²) < 4.78 is 19.2. The lowest BCUT2D eigenvalue weighted by Gasteiger charge is -2.08. The van der Waals surface area contributed by atoms with Crippen LogP contribution in [0.15, 0.2) is 40.9 Å². The molecule has 104 valence electrons. The van der Waals surface area contributed by atoms with Crippen LogP contribution < -0.4 is 10.1 Å². The quantitative estimate of drug-likeness (QED) is 0.877. The number of carbonyl (C=O) groups excluding carboxylic acids is 1. The summed E-state index contributed by atoms with van der Waals surface area (Å²) in [4.78, 5) is 12.0. The van der Waals surface area contributed by atoms with Crippen LogP contribution in [0.1, 0.15) is 10.4 Å². The van der Waals surface area contributed by atoms with Gasteiger partial charge in [-0.3, -0.25) is 4.79 Å². The highest BCUT2D eigenvalue weighted by Gasteiger charge is 2.13. The molecule has 0 aliphatic heterocycles. The minimum Gasteiger partial charge on any atom is -0.495 e. The van der Waals surface area contributed by atoms with Crippen molar-refractivity contribution in [1.82, 2.24) is 0 Å². The molecule has 0 aromatic heterocycles. The van der Waals surface area contributed by atoms with E-state index in [1.807, 2.05) is 0 Å². The summed E-state index contributed by atoms with van der Waals surface area (Å²) in [6, 6.07) is 9.01. The Balaban J connectivity index is 2.21. The third-order valence-electron chi connectivity index (χ3n) is 2.59. The lowest BCUT2D eigenvalue weighted by atomic mass is 10.2. The second-order valence-electron chi connectivity index (χ2n) is 3.93. The number of carbonyl (C=O) groups is 1. The first kappa shape index (κ1) is 14.8. The van der Waals surface area contributed by atoms with Crippen LogP contribution in [-0.4, -0.2) is 13.0 Å². The van der Waals surface area contributed by atoms with Crippen LogP contribution in [0.4, 0.5) is 10.1 Å². The number of ether oxygens (including phenoxy) is 1. The van der Waals surface area contributed by atoms with Crippen molar-refractivity contribution in [3.05, 3.63) is 57.3 Å². The van der Waals surface area contributed by atoms with Gasteiger partial charge in [0.25, 0.3) is 5.91 Å². The molecule has 20 heavy (non-hydrogen) atoms. The molecule has 0 aliphatic rings. The highest BCUT2D eigenvalue weighted by atomic mass is 79.9. The van der Waals surface area contributed by atoms with Crippen LogP contribution in [-0.2, 0) is 0 Å². The molecular weight excluding hydrogens is 349 g/mol. The molecule has 0 heterocycles. The van der Waals surface area contributed by atoms with Gasteiger partial charge in [-0.1, -0.05) is 27.5 Å². The predicted molar refractivity (Wildman–Crippen MR) is 80.1 cm³/mol. The Labute approximate surface area is 128 Å². The molecule has 0 unspecified atom stereocenters. The molecule has 1 amide bonds. The Hall–Kier alpha value is -1.59. The number of amides is 1. The molecule has 6 heteroatoms. The van der Waals surface area contributed by atoms with Crippen LogP contribution >= 0.6 is 27.5 Å². The van der Waals surface area contributed by atoms with E-state index in [1.54, 1.807) is 18.2 Å². The SMILES string of the molecule is COc1ccc(NC(=O)c2ccc(Br)cc2F)cc1Cl. The molecule has 0 saturated heterocycles. The Bertz CT molecular complexity index is 664. The molecule has 0 atom stereocenters. The summed E-state index contributed by atoms with van der Waals surface area (Å²) in [6.45, 7) is 0. The van der Waals surface area contributed by atoms with Gasteiger partial charge in [-0.2, -0.15) is 0 Å². The Morgan fingerprint density at radius 1 is 1.30 bits per heavy atom. The van der Waals surface area contributed by atoms with Gasteiger partial charge in [0, 0.05) is 10.2 Å². The maximum atomic E-state index is 13.7. The number of methoxy groups -OCH3 is 1. The van der Waals surface area contributed by atoms with E-state index < -0.39 is 11.7 Å². The first-order valence-electron chi connectivity index (χ1n) is 5.61. The summed E-state index contributed by atoms with van der Waals surface area (Å²) in [6.07, 6.45) is 0. The molecule has 0 bridgehead atoms. The van der Waals surface area contributed by atoms with Crippen LogP contribution in [0.3, 0.4) is 0 Å². The van der Waals surface area contributed by atoms with Gasteiger partial charge in [0.05, 0.1) is 17.7 Å². The van der Waals surface area contributed by atoms with E-state index in [0.29, 0.717) is 20.9 Å². The van der Waals surface area contributed by atoms with E-state index in [0.717, 1.165) is 0 Å². The standard InChI is InChI=1S/C14H10BrClFNO2/c1-20-13-5-3-9(7-11(13)16)18-14(19)10-4-2-8(15)6-12(10)17/h2-7H,1H3,(H,18,19). The van der Waals surface area contributed by atoms with Crippen LogP contribution in [0, 0.1) is 5.82 Å². The molecule has 2 aromatic carbocycles. The van der Waals surface area contributed by atoms with E-state index in [1.165, 1.54) is 25.3 Å². The normalized spacial score (nSPS) is 10.2. The third kappa shape index (κ3) is 3.29.